The largest absolute Gasteiger partial charge is 0.379 e. The van der Waals surface area contributed by atoms with Crippen LogP contribution in [0, 0.1) is 13.7 Å². The maximum absolute atomic E-state index is 10.9. The van der Waals surface area contributed by atoms with Crippen molar-refractivity contribution in [2.24, 2.45) is 0 Å². The minimum atomic E-state index is -0.335. The Labute approximate surface area is 125 Å². The van der Waals surface area contributed by atoms with Crippen molar-refractivity contribution in [3.8, 4) is 0 Å². The maximum Gasteiger partial charge on any atom is 0.293 e. The fraction of sp³-hybridized carbons (Fsp3) is 0.500. The SMILES string of the molecule is CSCCCCCNc1ccc(I)cc1[N+](=O)[O-]. The van der Waals surface area contributed by atoms with Crippen LogP contribution >= 0.6 is 34.4 Å². The highest BCUT2D eigenvalue weighted by molar-refractivity contribution is 14.1. The monoisotopic (exact) mass is 380 g/mol. The molecule has 0 aliphatic rings. The summed E-state index contributed by atoms with van der Waals surface area (Å²) in [7, 11) is 0. The number of hydrogen-bond donors (Lipinski definition) is 1. The van der Waals surface area contributed by atoms with Crippen molar-refractivity contribution in [2.45, 2.75) is 19.3 Å². The predicted molar refractivity (Wildman–Crippen MR) is 86.5 cm³/mol. The number of nitro groups is 1. The molecular weight excluding hydrogens is 363 g/mol. The van der Waals surface area contributed by atoms with E-state index in [2.05, 4.69) is 34.2 Å². The Morgan fingerprint density at radius 3 is 2.83 bits per heavy atom. The van der Waals surface area contributed by atoms with E-state index in [0.717, 1.165) is 23.0 Å². The third kappa shape index (κ3) is 5.43. The van der Waals surface area contributed by atoms with Gasteiger partial charge in [-0.3, -0.25) is 10.1 Å². The molecule has 100 valence electrons. The van der Waals surface area contributed by atoms with Crippen LogP contribution in [0.5, 0.6) is 0 Å². The van der Waals surface area contributed by atoms with Gasteiger partial charge in [-0.25, -0.2) is 0 Å². The molecule has 1 rings (SSSR count). The Kier molecular flexibility index (Phi) is 7.41. The van der Waals surface area contributed by atoms with Crippen molar-refractivity contribution in [3.63, 3.8) is 0 Å². The first-order valence-corrected chi connectivity index (χ1v) is 8.29. The normalized spacial score (nSPS) is 10.3. The second-order valence-corrected chi connectivity index (χ2v) is 6.13. The molecule has 4 nitrogen and oxygen atoms in total. The summed E-state index contributed by atoms with van der Waals surface area (Å²) in [6.45, 7) is 0.788. The summed E-state index contributed by atoms with van der Waals surface area (Å²) in [5.74, 6) is 1.18. The van der Waals surface area contributed by atoms with Crippen molar-refractivity contribution < 1.29 is 4.92 Å². The standard InChI is InChI=1S/C12H17IN2O2S/c1-18-8-4-2-3-7-14-11-6-5-10(13)9-12(11)15(16)17/h5-6,9,14H,2-4,7-8H2,1H3. The highest BCUT2D eigenvalue weighted by atomic mass is 127. The number of rotatable bonds is 8. The number of nitrogens with zero attached hydrogens (tertiary/aromatic N) is 1. The van der Waals surface area contributed by atoms with Gasteiger partial charge >= 0.3 is 0 Å². The molecule has 0 aromatic heterocycles. The molecular formula is C12H17IN2O2S. The molecule has 1 N–H and O–H groups in total. The summed E-state index contributed by atoms with van der Waals surface area (Å²) >= 11 is 3.93. The minimum absolute atomic E-state index is 0.158. The molecule has 0 heterocycles. The van der Waals surface area contributed by atoms with Gasteiger partial charge in [0.2, 0.25) is 0 Å². The number of unbranched alkanes of at least 4 members (excludes halogenated alkanes) is 2. The Morgan fingerprint density at radius 2 is 2.17 bits per heavy atom. The first-order chi connectivity index (χ1) is 8.65. The second-order valence-electron chi connectivity index (χ2n) is 3.90. The topological polar surface area (TPSA) is 55.2 Å². The second kappa shape index (κ2) is 8.58. The van der Waals surface area contributed by atoms with Gasteiger partial charge in [-0.05, 0) is 59.6 Å². The van der Waals surface area contributed by atoms with Gasteiger partial charge in [0.05, 0.1) is 4.92 Å². The average Bonchev–Trinajstić information content (AvgIpc) is 2.35. The quantitative estimate of drug-likeness (QED) is 0.319. The lowest BCUT2D eigenvalue weighted by Gasteiger charge is -2.07. The van der Waals surface area contributed by atoms with E-state index in [1.165, 1.54) is 12.2 Å². The van der Waals surface area contributed by atoms with E-state index >= 15 is 0 Å². The first kappa shape index (κ1) is 15.6. The van der Waals surface area contributed by atoms with E-state index in [1.807, 2.05) is 17.8 Å². The highest BCUT2D eigenvalue weighted by Crippen LogP contribution is 2.26. The average molecular weight is 380 g/mol. The molecule has 0 saturated carbocycles. The van der Waals surface area contributed by atoms with Gasteiger partial charge in [0, 0.05) is 16.2 Å². The van der Waals surface area contributed by atoms with Crippen LogP contribution in [0.15, 0.2) is 18.2 Å². The third-order valence-corrected chi connectivity index (χ3v) is 3.87. The Morgan fingerprint density at radius 1 is 1.39 bits per heavy atom. The van der Waals surface area contributed by atoms with Crippen LogP contribution in [0.3, 0.4) is 0 Å². The lowest BCUT2D eigenvalue weighted by molar-refractivity contribution is -0.384. The molecule has 0 bridgehead atoms. The van der Waals surface area contributed by atoms with Crippen LogP contribution in [0.1, 0.15) is 19.3 Å². The molecule has 0 aliphatic heterocycles. The molecule has 0 amide bonds. The molecule has 0 aliphatic carbocycles. The molecule has 0 spiro atoms. The zero-order valence-corrected chi connectivity index (χ0v) is 13.3. The van der Waals surface area contributed by atoms with Crippen LogP contribution in [-0.4, -0.2) is 23.5 Å². The third-order valence-electron chi connectivity index (χ3n) is 2.50. The zero-order valence-electron chi connectivity index (χ0n) is 10.3. The van der Waals surface area contributed by atoms with E-state index in [9.17, 15) is 10.1 Å². The van der Waals surface area contributed by atoms with Crippen molar-refractivity contribution in [2.75, 3.05) is 23.9 Å². The van der Waals surface area contributed by atoms with Crippen molar-refractivity contribution in [1.29, 1.82) is 0 Å². The van der Waals surface area contributed by atoms with Crippen molar-refractivity contribution >= 4 is 45.7 Å². The Hall–Kier alpha value is -0.500. The lowest BCUT2D eigenvalue weighted by Crippen LogP contribution is -2.04. The smallest absolute Gasteiger partial charge is 0.293 e. The molecule has 18 heavy (non-hydrogen) atoms. The van der Waals surface area contributed by atoms with Crippen molar-refractivity contribution in [1.82, 2.24) is 0 Å². The number of anilines is 1. The van der Waals surface area contributed by atoms with E-state index < -0.39 is 0 Å². The van der Waals surface area contributed by atoms with Gasteiger partial charge in [0.25, 0.3) is 5.69 Å². The summed E-state index contributed by atoms with van der Waals surface area (Å²) in [6, 6.07) is 5.25. The van der Waals surface area contributed by atoms with Crippen LogP contribution < -0.4 is 5.32 Å². The van der Waals surface area contributed by atoms with Gasteiger partial charge in [-0.2, -0.15) is 11.8 Å². The summed E-state index contributed by atoms with van der Waals surface area (Å²) in [5, 5.41) is 14.1. The molecule has 0 atom stereocenters. The van der Waals surface area contributed by atoms with Crippen LogP contribution in [0.25, 0.3) is 0 Å². The highest BCUT2D eigenvalue weighted by Gasteiger charge is 2.13. The number of nitrogens with one attached hydrogen (secondary N) is 1. The predicted octanol–water partition coefficient (Wildman–Crippen LogP) is 4.14. The number of hydrogen-bond acceptors (Lipinski definition) is 4. The maximum atomic E-state index is 10.9. The van der Waals surface area contributed by atoms with E-state index in [-0.39, 0.29) is 10.6 Å². The molecule has 1 aromatic carbocycles. The van der Waals surface area contributed by atoms with Gasteiger partial charge in [-0.1, -0.05) is 6.42 Å². The fourth-order valence-corrected chi connectivity index (χ4v) is 2.54. The lowest BCUT2D eigenvalue weighted by atomic mass is 10.2. The van der Waals surface area contributed by atoms with Crippen molar-refractivity contribution in [3.05, 3.63) is 31.9 Å². The fourth-order valence-electron chi connectivity index (χ4n) is 1.58. The molecule has 0 radical (unpaired) electrons. The van der Waals surface area contributed by atoms with E-state index in [4.69, 9.17) is 0 Å². The first-order valence-electron chi connectivity index (χ1n) is 5.82. The molecule has 0 unspecified atom stereocenters. The van der Waals surface area contributed by atoms with Gasteiger partial charge in [0.15, 0.2) is 0 Å². The number of benzene rings is 1. The Bertz CT molecular complexity index is 402. The zero-order chi connectivity index (χ0) is 13.4. The van der Waals surface area contributed by atoms with Gasteiger partial charge < -0.3 is 5.32 Å². The van der Waals surface area contributed by atoms with E-state index in [0.29, 0.717) is 5.69 Å². The molecule has 0 fully saturated rings. The number of thioether (sulfide) groups is 1. The van der Waals surface area contributed by atoms with Crippen LogP contribution in [0.2, 0.25) is 0 Å². The summed E-state index contributed by atoms with van der Waals surface area (Å²) in [6.07, 6.45) is 5.51. The number of halogens is 1. The van der Waals surface area contributed by atoms with Gasteiger partial charge in [0.1, 0.15) is 5.69 Å². The van der Waals surface area contributed by atoms with Crippen LogP contribution in [0.4, 0.5) is 11.4 Å². The summed E-state index contributed by atoms with van der Waals surface area (Å²) < 4.78 is 0.879. The van der Waals surface area contributed by atoms with Gasteiger partial charge in [-0.15, -0.1) is 0 Å². The molecule has 6 heteroatoms. The number of nitro benzene ring substituents is 1. The van der Waals surface area contributed by atoms with Crippen LogP contribution in [-0.2, 0) is 0 Å². The molecule has 0 saturated heterocycles. The van der Waals surface area contributed by atoms with E-state index in [1.54, 1.807) is 12.1 Å². The minimum Gasteiger partial charge on any atom is -0.379 e. The molecule has 1 aromatic rings. The summed E-state index contributed by atoms with van der Waals surface area (Å²) in [4.78, 5) is 10.6. The Balaban J connectivity index is 2.44. The summed E-state index contributed by atoms with van der Waals surface area (Å²) in [5.41, 5.74) is 0.774.